The minimum atomic E-state index is 0.236. The molecule has 8 heteroatoms. The molecule has 1 aliphatic rings. The molecule has 7 nitrogen and oxygen atoms in total. The van der Waals surface area contributed by atoms with Gasteiger partial charge in [-0.15, -0.1) is 0 Å². The molecule has 0 saturated carbocycles. The van der Waals surface area contributed by atoms with Gasteiger partial charge in [0, 0.05) is 28.4 Å². The van der Waals surface area contributed by atoms with E-state index in [9.17, 15) is 0 Å². The van der Waals surface area contributed by atoms with Crippen LogP contribution < -0.4 is 14.8 Å². The summed E-state index contributed by atoms with van der Waals surface area (Å²) in [6.07, 6.45) is 1.47. The first kappa shape index (κ1) is 15.0. The topological polar surface area (TPSA) is 73.6 Å². The first-order chi connectivity index (χ1) is 12.8. The van der Waals surface area contributed by atoms with Crippen molar-refractivity contribution in [2.24, 2.45) is 0 Å². The molecule has 0 amide bonds. The van der Waals surface area contributed by atoms with E-state index in [2.05, 4.69) is 20.4 Å². The molecule has 0 bridgehead atoms. The lowest BCUT2D eigenvalue weighted by atomic mass is 10.1. The van der Waals surface area contributed by atoms with Crippen molar-refractivity contribution in [2.75, 3.05) is 12.1 Å². The van der Waals surface area contributed by atoms with Gasteiger partial charge in [0.15, 0.2) is 11.5 Å². The smallest absolute Gasteiger partial charge is 0.254 e. The summed E-state index contributed by atoms with van der Waals surface area (Å²) in [4.78, 5) is 8.76. The van der Waals surface area contributed by atoms with Gasteiger partial charge < -0.3 is 14.8 Å². The van der Waals surface area contributed by atoms with Crippen LogP contribution in [0.3, 0.4) is 0 Å². The van der Waals surface area contributed by atoms with Gasteiger partial charge >= 0.3 is 0 Å². The fourth-order valence-corrected chi connectivity index (χ4v) is 3.01. The number of halogens is 1. The molecule has 2 aromatic carbocycles. The lowest BCUT2D eigenvalue weighted by molar-refractivity contribution is 0.174. The Morgan fingerprint density at radius 1 is 1.04 bits per heavy atom. The van der Waals surface area contributed by atoms with Crippen LogP contribution in [0.15, 0.2) is 54.9 Å². The molecule has 2 aromatic heterocycles. The van der Waals surface area contributed by atoms with Crippen LogP contribution in [0.4, 0.5) is 11.5 Å². The van der Waals surface area contributed by atoms with E-state index in [-0.39, 0.29) is 6.79 Å². The van der Waals surface area contributed by atoms with Crippen LogP contribution in [-0.4, -0.2) is 26.4 Å². The zero-order valence-corrected chi connectivity index (χ0v) is 14.1. The van der Waals surface area contributed by atoms with Crippen LogP contribution in [0.2, 0.25) is 5.02 Å². The number of ether oxygens (including phenoxy) is 2. The second-order valence-electron chi connectivity index (χ2n) is 5.70. The zero-order chi connectivity index (χ0) is 17.5. The third kappa shape index (κ3) is 2.58. The van der Waals surface area contributed by atoms with Crippen LogP contribution in [0.5, 0.6) is 11.5 Å². The summed E-state index contributed by atoms with van der Waals surface area (Å²) in [6.45, 7) is 0.236. The highest BCUT2D eigenvalue weighted by Crippen LogP contribution is 2.35. The number of aromatic nitrogens is 4. The number of fused-ring (bicyclic) bond motifs is 2. The summed E-state index contributed by atoms with van der Waals surface area (Å²) in [5.41, 5.74) is 2.49. The van der Waals surface area contributed by atoms with Gasteiger partial charge in [-0.2, -0.15) is 14.6 Å². The fraction of sp³-hybridized carbons (Fsp3) is 0.0556. The van der Waals surface area contributed by atoms with E-state index >= 15 is 0 Å². The van der Waals surface area contributed by atoms with Gasteiger partial charge in [0.25, 0.3) is 5.78 Å². The van der Waals surface area contributed by atoms with E-state index < -0.39 is 0 Å². The maximum Gasteiger partial charge on any atom is 0.254 e. The number of rotatable bonds is 3. The van der Waals surface area contributed by atoms with Crippen molar-refractivity contribution in [3.63, 3.8) is 0 Å². The summed E-state index contributed by atoms with van der Waals surface area (Å²) in [5.74, 6) is 2.65. The van der Waals surface area contributed by atoms with Crippen molar-refractivity contribution in [1.82, 2.24) is 19.6 Å². The van der Waals surface area contributed by atoms with Crippen LogP contribution in [-0.2, 0) is 0 Å². The Hall–Kier alpha value is -3.32. The maximum absolute atomic E-state index is 6.11. The third-order valence-electron chi connectivity index (χ3n) is 4.02. The van der Waals surface area contributed by atoms with Gasteiger partial charge in [0.1, 0.15) is 12.1 Å². The number of nitrogens with zero attached hydrogens (tertiary/aromatic N) is 4. The number of benzene rings is 2. The molecule has 1 N–H and O–H groups in total. The number of hydrogen-bond acceptors (Lipinski definition) is 6. The molecule has 0 aliphatic carbocycles. The van der Waals surface area contributed by atoms with Crippen molar-refractivity contribution < 1.29 is 9.47 Å². The van der Waals surface area contributed by atoms with E-state index in [4.69, 9.17) is 21.1 Å². The average molecular weight is 366 g/mol. The summed E-state index contributed by atoms with van der Waals surface area (Å²) in [7, 11) is 0. The van der Waals surface area contributed by atoms with Crippen LogP contribution >= 0.6 is 11.6 Å². The minimum absolute atomic E-state index is 0.236. The quantitative estimate of drug-likeness (QED) is 0.593. The average Bonchev–Trinajstić information content (AvgIpc) is 3.30. The molecule has 5 rings (SSSR count). The minimum Gasteiger partial charge on any atom is -0.454 e. The first-order valence-corrected chi connectivity index (χ1v) is 8.27. The summed E-state index contributed by atoms with van der Waals surface area (Å²) < 4.78 is 12.4. The SMILES string of the molecule is Clc1cccc(-c2cc(Nc3ccc4c(c3)OCO4)n3ncnc3n2)c1. The second kappa shape index (κ2) is 5.89. The van der Waals surface area contributed by atoms with Gasteiger partial charge in [0.2, 0.25) is 6.79 Å². The molecule has 0 atom stereocenters. The first-order valence-electron chi connectivity index (χ1n) is 7.90. The van der Waals surface area contributed by atoms with Gasteiger partial charge in [-0.05, 0) is 24.3 Å². The predicted molar refractivity (Wildman–Crippen MR) is 97.1 cm³/mol. The van der Waals surface area contributed by atoms with E-state index in [0.717, 1.165) is 28.5 Å². The van der Waals surface area contributed by atoms with E-state index in [1.54, 1.807) is 4.52 Å². The predicted octanol–water partition coefficient (Wildman–Crippen LogP) is 3.92. The van der Waals surface area contributed by atoms with Crippen molar-refractivity contribution in [3.8, 4) is 22.8 Å². The molecule has 0 spiro atoms. The normalized spacial score (nSPS) is 12.5. The Bertz CT molecular complexity index is 1130. The van der Waals surface area contributed by atoms with Gasteiger partial charge in [0.05, 0.1) is 5.69 Å². The molecule has 26 heavy (non-hydrogen) atoms. The van der Waals surface area contributed by atoms with Crippen LogP contribution in [0, 0.1) is 0 Å². The Morgan fingerprint density at radius 2 is 1.96 bits per heavy atom. The van der Waals surface area contributed by atoms with Crippen LogP contribution in [0.1, 0.15) is 0 Å². The van der Waals surface area contributed by atoms with Gasteiger partial charge in [-0.25, -0.2) is 4.98 Å². The summed E-state index contributed by atoms with van der Waals surface area (Å²) in [6, 6.07) is 15.1. The van der Waals surface area contributed by atoms with Crippen molar-refractivity contribution in [3.05, 3.63) is 59.9 Å². The molecule has 0 unspecified atom stereocenters. The van der Waals surface area contributed by atoms with Crippen LogP contribution in [0.25, 0.3) is 17.0 Å². The highest BCUT2D eigenvalue weighted by Gasteiger charge is 2.15. The number of anilines is 2. The Labute approximate surface area is 153 Å². The third-order valence-corrected chi connectivity index (χ3v) is 4.25. The molecule has 0 saturated heterocycles. The number of nitrogens with one attached hydrogen (secondary N) is 1. The summed E-state index contributed by atoms with van der Waals surface area (Å²) in [5, 5.41) is 8.23. The lowest BCUT2D eigenvalue weighted by Gasteiger charge is -2.11. The fourth-order valence-electron chi connectivity index (χ4n) is 2.82. The highest BCUT2D eigenvalue weighted by atomic mass is 35.5. The van der Waals surface area contributed by atoms with Crippen molar-refractivity contribution in [2.45, 2.75) is 0 Å². The molecular weight excluding hydrogens is 354 g/mol. The Balaban J connectivity index is 1.59. The summed E-state index contributed by atoms with van der Waals surface area (Å²) >= 11 is 6.11. The molecule has 3 heterocycles. The molecular formula is C18H12ClN5O2. The van der Waals surface area contributed by atoms with Gasteiger partial charge in [-0.3, -0.25) is 0 Å². The van der Waals surface area contributed by atoms with E-state index in [1.165, 1.54) is 6.33 Å². The lowest BCUT2D eigenvalue weighted by Crippen LogP contribution is -2.02. The number of hydrogen-bond donors (Lipinski definition) is 1. The molecule has 1 aliphatic heterocycles. The van der Waals surface area contributed by atoms with Crippen molar-refractivity contribution in [1.29, 1.82) is 0 Å². The molecule has 0 radical (unpaired) electrons. The Kier molecular flexibility index (Phi) is 3.39. The maximum atomic E-state index is 6.11. The van der Waals surface area contributed by atoms with E-state index in [0.29, 0.717) is 16.5 Å². The van der Waals surface area contributed by atoms with E-state index in [1.807, 2.05) is 48.5 Å². The Morgan fingerprint density at radius 3 is 2.88 bits per heavy atom. The second-order valence-corrected chi connectivity index (χ2v) is 6.14. The zero-order valence-electron chi connectivity index (χ0n) is 13.4. The largest absolute Gasteiger partial charge is 0.454 e. The molecule has 0 fully saturated rings. The molecule has 4 aromatic rings. The monoisotopic (exact) mass is 365 g/mol. The highest BCUT2D eigenvalue weighted by molar-refractivity contribution is 6.30. The molecule has 128 valence electrons. The standard InChI is InChI=1S/C18H12ClN5O2/c19-12-3-1-2-11(6-12)14-8-17(24-18(23-14)20-9-21-24)22-13-4-5-15-16(7-13)26-10-25-15/h1-9,22H,10H2. The van der Waals surface area contributed by atoms with Gasteiger partial charge in [-0.1, -0.05) is 23.7 Å². The van der Waals surface area contributed by atoms with Crippen molar-refractivity contribution >= 4 is 28.9 Å².